The number of ether oxygens (including phenoxy) is 1. The van der Waals surface area contributed by atoms with Gasteiger partial charge in [-0.3, -0.25) is 4.79 Å². The van der Waals surface area contributed by atoms with Crippen LogP contribution in [-0.2, 0) is 22.6 Å². The standard InChI is InChI=1S/C22H27N2O4/c1-2-9-20(24-22(27)28-16-18-12-7-4-8-13-18)21(26)23-19(15-25)14-17-10-5-3-6-11-17/h2-8,10-13,19-20,25H,9,14-16H2,1H3,(H,23,26)(H,24,27). The second-order valence-corrected chi connectivity index (χ2v) is 6.48. The summed E-state index contributed by atoms with van der Waals surface area (Å²) >= 11 is 0. The molecule has 0 aliphatic rings. The average molecular weight is 383 g/mol. The molecule has 2 unspecified atom stereocenters. The maximum atomic E-state index is 12.6. The monoisotopic (exact) mass is 383 g/mol. The molecular formula is C22H27N2O4. The van der Waals surface area contributed by atoms with E-state index in [0.29, 0.717) is 12.8 Å². The largest absolute Gasteiger partial charge is 0.445 e. The summed E-state index contributed by atoms with van der Waals surface area (Å²) in [5.74, 6) is -0.357. The maximum Gasteiger partial charge on any atom is 0.408 e. The highest BCUT2D eigenvalue weighted by atomic mass is 16.5. The lowest BCUT2D eigenvalue weighted by Gasteiger charge is -2.22. The number of alkyl carbamates (subject to hydrolysis) is 1. The fraction of sp³-hybridized carbons (Fsp3) is 0.318. The lowest BCUT2D eigenvalue weighted by atomic mass is 10.1. The minimum absolute atomic E-state index is 0.129. The average Bonchev–Trinajstić information content (AvgIpc) is 2.73. The molecule has 0 fully saturated rings. The fourth-order valence-electron chi connectivity index (χ4n) is 2.74. The number of carbonyl (C=O) groups is 2. The number of aliphatic hydroxyl groups is 1. The molecule has 149 valence electrons. The van der Waals surface area contributed by atoms with Gasteiger partial charge in [0.25, 0.3) is 0 Å². The Labute approximate surface area is 165 Å². The van der Waals surface area contributed by atoms with E-state index in [1.165, 1.54) is 0 Å². The van der Waals surface area contributed by atoms with E-state index in [4.69, 9.17) is 4.74 Å². The number of carbonyl (C=O) groups excluding carboxylic acids is 2. The molecule has 2 aromatic rings. The van der Waals surface area contributed by atoms with Crippen molar-refractivity contribution in [3.63, 3.8) is 0 Å². The van der Waals surface area contributed by atoms with Crippen LogP contribution in [0.25, 0.3) is 0 Å². The zero-order valence-corrected chi connectivity index (χ0v) is 16.0. The Morgan fingerprint density at radius 2 is 1.61 bits per heavy atom. The number of nitrogens with one attached hydrogen (secondary N) is 2. The van der Waals surface area contributed by atoms with E-state index >= 15 is 0 Å². The Bertz CT molecular complexity index is 722. The zero-order chi connectivity index (χ0) is 20.2. The van der Waals surface area contributed by atoms with Crippen LogP contribution >= 0.6 is 0 Å². The van der Waals surface area contributed by atoms with Gasteiger partial charge in [0.2, 0.25) is 5.91 Å². The van der Waals surface area contributed by atoms with Gasteiger partial charge < -0.3 is 20.5 Å². The van der Waals surface area contributed by atoms with Crippen molar-refractivity contribution >= 4 is 12.0 Å². The van der Waals surface area contributed by atoms with Gasteiger partial charge in [0.15, 0.2) is 0 Å². The highest BCUT2D eigenvalue weighted by Crippen LogP contribution is 2.05. The Kier molecular flexibility index (Phi) is 9.01. The quantitative estimate of drug-likeness (QED) is 0.589. The molecule has 6 nitrogen and oxygen atoms in total. The summed E-state index contributed by atoms with van der Waals surface area (Å²) in [5, 5.41) is 15.0. The molecule has 2 rings (SSSR count). The van der Waals surface area contributed by atoms with Crippen LogP contribution in [0.3, 0.4) is 0 Å². The molecular weight excluding hydrogens is 356 g/mol. The third-order valence-corrected chi connectivity index (χ3v) is 4.18. The van der Waals surface area contributed by atoms with Crippen LogP contribution in [0.2, 0.25) is 0 Å². The van der Waals surface area contributed by atoms with E-state index in [1.807, 2.05) is 67.6 Å². The molecule has 0 saturated heterocycles. The smallest absolute Gasteiger partial charge is 0.408 e. The Morgan fingerprint density at radius 1 is 1.00 bits per heavy atom. The molecule has 1 radical (unpaired) electrons. The number of aliphatic hydroxyl groups excluding tert-OH is 1. The predicted molar refractivity (Wildman–Crippen MR) is 107 cm³/mol. The molecule has 0 aliphatic carbocycles. The lowest BCUT2D eigenvalue weighted by molar-refractivity contribution is -0.124. The van der Waals surface area contributed by atoms with E-state index < -0.39 is 18.2 Å². The Balaban J connectivity index is 1.87. The third-order valence-electron chi connectivity index (χ3n) is 4.18. The van der Waals surface area contributed by atoms with Gasteiger partial charge in [0.1, 0.15) is 12.6 Å². The second kappa shape index (κ2) is 11.8. The fourth-order valence-corrected chi connectivity index (χ4v) is 2.74. The van der Waals surface area contributed by atoms with Crippen molar-refractivity contribution in [1.82, 2.24) is 10.6 Å². The summed E-state index contributed by atoms with van der Waals surface area (Å²) in [6, 6.07) is 17.7. The van der Waals surface area contributed by atoms with Crippen LogP contribution in [0.1, 0.15) is 24.5 Å². The molecule has 0 aromatic heterocycles. The molecule has 28 heavy (non-hydrogen) atoms. The predicted octanol–water partition coefficient (Wildman–Crippen LogP) is 2.62. The van der Waals surface area contributed by atoms with Crippen molar-refractivity contribution in [2.24, 2.45) is 0 Å². The molecule has 6 heteroatoms. The summed E-state index contributed by atoms with van der Waals surface area (Å²) in [6.45, 7) is 1.75. The molecule has 2 atom stereocenters. The van der Waals surface area contributed by atoms with Gasteiger partial charge in [-0.25, -0.2) is 4.79 Å². The molecule has 2 aromatic carbocycles. The molecule has 0 spiro atoms. The van der Waals surface area contributed by atoms with Crippen molar-refractivity contribution < 1.29 is 19.4 Å². The van der Waals surface area contributed by atoms with E-state index in [1.54, 1.807) is 6.42 Å². The first kappa shape index (κ1) is 21.4. The molecule has 0 heterocycles. The zero-order valence-electron chi connectivity index (χ0n) is 16.0. The molecule has 0 saturated carbocycles. The van der Waals surface area contributed by atoms with E-state index in [9.17, 15) is 14.7 Å². The summed E-state index contributed by atoms with van der Waals surface area (Å²) in [4.78, 5) is 24.7. The summed E-state index contributed by atoms with van der Waals surface area (Å²) < 4.78 is 5.19. The van der Waals surface area contributed by atoms with Gasteiger partial charge >= 0.3 is 6.09 Å². The van der Waals surface area contributed by atoms with Crippen molar-refractivity contribution in [2.45, 2.75) is 38.5 Å². The minimum Gasteiger partial charge on any atom is -0.445 e. The molecule has 2 amide bonds. The van der Waals surface area contributed by atoms with Gasteiger partial charge in [-0.05, 0) is 30.4 Å². The Hall–Kier alpha value is -2.86. The van der Waals surface area contributed by atoms with Crippen LogP contribution in [0, 0.1) is 6.42 Å². The highest BCUT2D eigenvalue weighted by molar-refractivity contribution is 5.86. The normalized spacial score (nSPS) is 12.6. The first-order chi connectivity index (χ1) is 13.6. The van der Waals surface area contributed by atoms with Crippen molar-refractivity contribution in [3.8, 4) is 0 Å². The topological polar surface area (TPSA) is 87.7 Å². The van der Waals surface area contributed by atoms with Gasteiger partial charge in [0.05, 0.1) is 12.6 Å². The maximum absolute atomic E-state index is 12.6. The van der Waals surface area contributed by atoms with Crippen LogP contribution in [-0.4, -0.2) is 35.8 Å². The van der Waals surface area contributed by atoms with Crippen LogP contribution in [0.15, 0.2) is 60.7 Å². The van der Waals surface area contributed by atoms with Crippen LogP contribution in [0.5, 0.6) is 0 Å². The van der Waals surface area contributed by atoms with Gasteiger partial charge in [0, 0.05) is 0 Å². The Morgan fingerprint density at radius 3 is 2.18 bits per heavy atom. The van der Waals surface area contributed by atoms with Gasteiger partial charge in [-0.2, -0.15) is 0 Å². The van der Waals surface area contributed by atoms with Crippen molar-refractivity contribution in [1.29, 1.82) is 0 Å². The number of amides is 2. The van der Waals surface area contributed by atoms with Crippen molar-refractivity contribution in [2.75, 3.05) is 6.61 Å². The number of rotatable bonds is 10. The van der Waals surface area contributed by atoms with Crippen LogP contribution in [0.4, 0.5) is 4.79 Å². The van der Waals surface area contributed by atoms with Crippen LogP contribution < -0.4 is 10.6 Å². The summed E-state index contributed by atoms with van der Waals surface area (Å²) in [5.41, 5.74) is 1.87. The van der Waals surface area contributed by atoms with Gasteiger partial charge in [-0.1, -0.05) is 67.6 Å². The first-order valence-electron chi connectivity index (χ1n) is 9.32. The van der Waals surface area contributed by atoms with Gasteiger partial charge in [-0.15, -0.1) is 0 Å². The first-order valence-corrected chi connectivity index (χ1v) is 9.32. The second-order valence-electron chi connectivity index (χ2n) is 6.48. The SMILES string of the molecule is C[CH]CC(NC(=O)OCc1ccccc1)C(=O)NC(CO)Cc1ccccc1. The molecule has 0 bridgehead atoms. The van der Waals surface area contributed by atoms with Crippen molar-refractivity contribution in [3.05, 3.63) is 78.2 Å². The summed E-state index contributed by atoms with van der Waals surface area (Å²) in [7, 11) is 0. The number of hydrogen-bond acceptors (Lipinski definition) is 4. The van der Waals surface area contributed by atoms with E-state index in [2.05, 4.69) is 10.6 Å². The number of benzene rings is 2. The number of hydrogen-bond donors (Lipinski definition) is 3. The molecule has 0 aliphatic heterocycles. The van der Waals surface area contributed by atoms with E-state index in [0.717, 1.165) is 11.1 Å². The lowest BCUT2D eigenvalue weighted by Crippen LogP contribution is -2.51. The third kappa shape index (κ3) is 7.40. The minimum atomic E-state index is -0.766. The van der Waals surface area contributed by atoms with E-state index in [-0.39, 0.29) is 19.1 Å². The highest BCUT2D eigenvalue weighted by Gasteiger charge is 2.23. The summed E-state index contributed by atoms with van der Waals surface area (Å²) in [6.07, 6.45) is 2.00. The molecule has 3 N–H and O–H groups in total.